The number of aromatic nitrogens is 2. The van der Waals surface area contributed by atoms with Crippen LogP contribution < -0.4 is 0 Å². The minimum absolute atomic E-state index is 0.105. The Balaban J connectivity index is 2.42. The van der Waals surface area contributed by atoms with Crippen LogP contribution in [-0.4, -0.2) is 44.2 Å². The Morgan fingerprint density at radius 2 is 2.16 bits per heavy atom. The highest BCUT2D eigenvalue weighted by molar-refractivity contribution is 5.76. The smallest absolute Gasteiger partial charge is 0.222 e. The molecule has 0 aliphatic heterocycles. The van der Waals surface area contributed by atoms with Gasteiger partial charge in [0.15, 0.2) is 0 Å². The number of hydrogen-bond donors (Lipinski definition) is 1. The third-order valence-electron chi connectivity index (χ3n) is 3.12. The van der Waals surface area contributed by atoms with Crippen molar-refractivity contribution in [1.82, 2.24) is 14.5 Å². The lowest BCUT2D eigenvalue weighted by molar-refractivity contribution is -0.134. The first-order valence-corrected chi connectivity index (χ1v) is 6.87. The van der Waals surface area contributed by atoms with Gasteiger partial charge in [0, 0.05) is 37.9 Å². The second kappa shape index (κ2) is 7.28. The summed E-state index contributed by atoms with van der Waals surface area (Å²) in [5.41, 5.74) is 0. The predicted molar refractivity (Wildman–Crippen MR) is 74.7 cm³/mol. The van der Waals surface area contributed by atoms with Crippen LogP contribution in [-0.2, 0) is 11.3 Å². The number of carbonyl (C=O) groups is 1. The highest BCUT2D eigenvalue weighted by Crippen LogP contribution is 2.07. The van der Waals surface area contributed by atoms with Gasteiger partial charge in [0.1, 0.15) is 5.82 Å². The van der Waals surface area contributed by atoms with Crippen molar-refractivity contribution in [2.75, 3.05) is 6.54 Å². The molecule has 0 aliphatic rings. The summed E-state index contributed by atoms with van der Waals surface area (Å²) >= 11 is 0. The van der Waals surface area contributed by atoms with E-state index in [0.29, 0.717) is 13.0 Å². The molecule has 5 nitrogen and oxygen atoms in total. The fourth-order valence-corrected chi connectivity index (χ4v) is 2.07. The number of rotatable bonds is 7. The lowest BCUT2D eigenvalue weighted by atomic mass is 10.2. The van der Waals surface area contributed by atoms with E-state index in [-0.39, 0.29) is 11.9 Å². The number of amides is 1. The van der Waals surface area contributed by atoms with Gasteiger partial charge in [-0.25, -0.2) is 4.98 Å². The molecular weight excluding hydrogens is 242 g/mol. The zero-order valence-electron chi connectivity index (χ0n) is 12.3. The maximum absolute atomic E-state index is 12.1. The van der Waals surface area contributed by atoms with E-state index in [1.165, 1.54) is 0 Å². The average Bonchev–Trinajstić information content (AvgIpc) is 2.71. The lowest BCUT2D eigenvalue weighted by Gasteiger charge is -2.28. The molecule has 19 heavy (non-hydrogen) atoms. The molecule has 1 rings (SSSR count). The summed E-state index contributed by atoms with van der Waals surface area (Å²) in [5, 5.41) is 9.43. The highest BCUT2D eigenvalue weighted by atomic mass is 16.3. The van der Waals surface area contributed by atoms with Crippen LogP contribution in [0.3, 0.4) is 0 Å². The summed E-state index contributed by atoms with van der Waals surface area (Å²) in [5.74, 6) is 1.07. The van der Waals surface area contributed by atoms with Crippen molar-refractivity contribution in [2.24, 2.45) is 0 Å². The summed E-state index contributed by atoms with van der Waals surface area (Å²) in [6.45, 7) is 8.81. The van der Waals surface area contributed by atoms with Gasteiger partial charge in [0.25, 0.3) is 0 Å². The van der Waals surface area contributed by atoms with Gasteiger partial charge >= 0.3 is 0 Å². The molecule has 108 valence electrons. The summed E-state index contributed by atoms with van der Waals surface area (Å²) < 4.78 is 2.04. The first-order valence-electron chi connectivity index (χ1n) is 6.87. The van der Waals surface area contributed by atoms with E-state index in [0.717, 1.165) is 18.8 Å². The Bertz CT molecular complexity index is 399. The molecule has 0 aliphatic carbocycles. The fraction of sp³-hybridized carbons (Fsp3) is 0.714. The van der Waals surface area contributed by atoms with E-state index in [9.17, 15) is 9.90 Å². The van der Waals surface area contributed by atoms with Gasteiger partial charge in [0.2, 0.25) is 5.91 Å². The normalized spacial score (nSPS) is 12.7. The minimum Gasteiger partial charge on any atom is -0.392 e. The van der Waals surface area contributed by atoms with Crippen LogP contribution in [0.1, 0.15) is 39.4 Å². The zero-order valence-corrected chi connectivity index (χ0v) is 12.3. The number of nitrogens with zero attached hydrogens (tertiary/aromatic N) is 3. The standard InChI is InChI=1S/C14H25N3O2/c1-11(2)17(10-12(3)18)14(19)6-5-8-16-9-7-15-13(16)4/h7,9,11-12,18H,5-6,8,10H2,1-4H3. The van der Waals surface area contributed by atoms with Crippen molar-refractivity contribution in [2.45, 2.75) is 59.2 Å². The zero-order chi connectivity index (χ0) is 14.4. The Labute approximate surface area is 115 Å². The fourth-order valence-electron chi connectivity index (χ4n) is 2.07. The molecule has 1 heterocycles. The van der Waals surface area contributed by atoms with Crippen LogP contribution in [0.4, 0.5) is 0 Å². The number of aliphatic hydroxyl groups excluding tert-OH is 1. The topological polar surface area (TPSA) is 58.4 Å². The molecule has 1 amide bonds. The molecule has 1 atom stereocenters. The Hall–Kier alpha value is -1.36. The van der Waals surface area contributed by atoms with Crippen LogP contribution in [0.15, 0.2) is 12.4 Å². The van der Waals surface area contributed by atoms with E-state index in [4.69, 9.17) is 0 Å². The molecule has 0 bridgehead atoms. The van der Waals surface area contributed by atoms with E-state index >= 15 is 0 Å². The van der Waals surface area contributed by atoms with Gasteiger partial charge in [-0.05, 0) is 34.1 Å². The number of aliphatic hydroxyl groups is 1. The third kappa shape index (κ3) is 5.03. The molecule has 0 aromatic carbocycles. The summed E-state index contributed by atoms with van der Waals surface area (Å²) in [6, 6.07) is 0.122. The van der Waals surface area contributed by atoms with Gasteiger partial charge in [-0.3, -0.25) is 4.79 Å². The molecule has 1 N–H and O–H groups in total. The number of aryl methyl sites for hydroxylation is 2. The minimum atomic E-state index is -0.484. The van der Waals surface area contributed by atoms with Gasteiger partial charge in [-0.2, -0.15) is 0 Å². The van der Waals surface area contributed by atoms with E-state index in [1.54, 1.807) is 18.0 Å². The molecule has 0 saturated heterocycles. The molecule has 1 unspecified atom stereocenters. The SMILES string of the molecule is Cc1nccn1CCCC(=O)N(CC(C)O)C(C)C. The third-order valence-corrected chi connectivity index (χ3v) is 3.12. The van der Waals surface area contributed by atoms with Crippen LogP contribution in [0, 0.1) is 6.92 Å². The van der Waals surface area contributed by atoms with Crippen molar-refractivity contribution >= 4 is 5.91 Å². The van der Waals surface area contributed by atoms with Crippen LogP contribution in [0.25, 0.3) is 0 Å². The number of hydrogen-bond acceptors (Lipinski definition) is 3. The van der Waals surface area contributed by atoms with Crippen molar-refractivity contribution in [1.29, 1.82) is 0 Å². The van der Waals surface area contributed by atoms with Crippen molar-refractivity contribution < 1.29 is 9.90 Å². The monoisotopic (exact) mass is 267 g/mol. The molecule has 1 aromatic heterocycles. The van der Waals surface area contributed by atoms with E-state index in [2.05, 4.69) is 4.98 Å². The Morgan fingerprint density at radius 1 is 1.47 bits per heavy atom. The largest absolute Gasteiger partial charge is 0.392 e. The summed E-state index contributed by atoms with van der Waals surface area (Å²) in [6.07, 6.45) is 4.50. The number of imidazole rings is 1. The molecule has 0 radical (unpaired) electrons. The van der Waals surface area contributed by atoms with Gasteiger partial charge < -0.3 is 14.6 Å². The van der Waals surface area contributed by atoms with Gasteiger partial charge in [-0.1, -0.05) is 0 Å². The first-order chi connectivity index (χ1) is 8.91. The van der Waals surface area contributed by atoms with Crippen molar-refractivity contribution in [3.63, 3.8) is 0 Å². The van der Waals surface area contributed by atoms with Gasteiger partial charge in [-0.15, -0.1) is 0 Å². The Kier molecular flexibility index (Phi) is 6.02. The van der Waals surface area contributed by atoms with Gasteiger partial charge in [0.05, 0.1) is 6.10 Å². The highest BCUT2D eigenvalue weighted by Gasteiger charge is 2.18. The molecule has 5 heteroatoms. The second-order valence-electron chi connectivity index (χ2n) is 5.26. The molecule has 0 spiro atoms. The molecule has 0 saturated carbocycles. The summed E-state index contributed by atoms with van der Waals surface area (Å²) in [7, 11) is 0. The van der Waals surface area contributed by atoms with Crippen LogP contribution in [0.5, 0.6) is 0 Å². The second-order valence-corrected chi connectivity index (χ2v) is 5.26. The molecule has 0 fully saturated rings. The predicted octanol–water partition coefficient (Wildman–Crippen LogP) is 1.59. The summed E-state index contributed by atoms with van der Waals surface area (Å²) in [4.78, 5) is 18.0. The lowest BCUT2D eigenvalue weighted by Crippen LogP contribution is -2.41. The van der Waals surface area contributed by atoms with Crippen LogP contribution >= 0.6 is 0 Å². The first kappa shape index (κ1) is 15.7. The van der Waals surface area contributed by atoms with E-state index in [1.807, 2.05) is 31.5 Å². The average molecular weight is 267 g/mol. The van der Waals surface area contributed by atoms with Crippen molar-refractivity contribution in [3.8, 4) is 0 Å². The van der Waals surface area contributed by atoms with Crippen molar-refractivity contribution in [3.05, 3.63) is 18.2 Å². The Morgan fingerprint density at radius 3 is 2.63 bits per heavy atom. The number of carbonyl (C=O) groups excluding carboxylic acids is 1. The quantitative estimate of drug-likeness (QED) is 0.816. The maximum atomic E-state index is 12.1. The van der Waals surface area contributed by atoms with E-state index < -0.39 is 6.10 Å². The molecule has 1 aromatic rings. The van der Waals surface area contributed by atoms with Crippen LogP contribution in [0.2, 0.25) is 0 Å². The molecular formula is C14H25N3O2. The maximum Gasteiger partial charge on any atom is 0.222 e.